The lowest BCUT2D eigenvalue weighted by Crippen LogP contribution is -2.37. The molecular weight excluding hydrogens is 364 g/mol. The van der Waals surface area contributed by atoms with Crippen LogP contribution in [0.1, 0.15) is 27.2 Å². The average molecular weight is 388 g/mol. The van der Waals surface area contributed by atoms with Crippen molar-refractivity contribution in [2.75, 3.05) is 25.5 Å². The van der Waals surface area contributed by atoms with E-state index in [1.54, 1.807) is 17.0 Å². The summed E-state index contributed by atoms with van der Waals surface area (Å²) < 4.78 is 0. The lowest BCUT2D eigenvalue weighted by molar-refractivity contribution is 0.0731. The standard InChI is InChI=1S/C23H24N4O2/c1-15-9-10-17(13-20(15)28)23(29)27-12-11-18-19(14-27)24-21(25-22(18)26(2)3)16-7-5-4-6-8-16/h4-10,13,28H,11-12,14H2,1-3H3. The third-order valence-electron chi connectivity index (χ3n) is 5.24. The summed E-state index contributed by atoms with van der Waals surface area (Å²) >= 11 is 0. The largest absolute Gasteiger partial charge is 0.508 e. The van der Waals surface area contributed by atoms with E-state index in [-0.39, 0.29) is 11.7 Å². The molecule has 4 rings (SSSR count). The Bertz CT molecular complexity index is 1060. The Balaban J connectivity index is 1.70. The molecule has 3 aromatic rings. The van der Waals surface area contributed by atoms with E-state index in [9.17, 15) is 9.90 Å². The number of carbonyl (C=O) groups excluding carboxylic acids is 1. The van der Waals surface area contributed by atoms with Gasteiger partial charge in [0.25, 0.3) is 5.91 Å². The van der Waals surface area contributed by atoms with Gasteiger partial charge in [-0.2, -0.15) is 0 Å². The fraction of sp³-hybridized carbons (Fsp3) is 0.261. The molecule has 2 aromatic carbocycles. The van der Waals surface area contributed by atoms with Crippen LogP contribution in [-0.4, -0.2) is 46.5 Å². The van der Waals surface area contributed by atoms with Crippen molar-refractivity contribution in [1.29, 1.82) is 0 Å². The molecule has 0 radical (unpaired) electrons. The van der Waals surface area contributed by atoms with E-state index in [4.69, 9.17) is 9.97 Å². The molecule has 0 bridgehead atoms. The van der Waals surface area contributed by atoms with Gasteiger partial charge < -0.3 is 14.9 Å². The molecule has 2 heterocycles. The number of hydrogen-bond acceptors (Lipinski definition) is 5. The lowest BCUT2D eigenvalue weighted by Gasteiger charge is -2.31. The van der Waals surface area contributed by atoms with Crippen LogP contribution in [0.2, 0.25) is 0 Å². The Hall–Kier alpha value is -3.41. The fourth-order valence-corrected chi connectivity index (χ4v) is 3.60. The van der Waals surface area contributed by atoms with E-state index in [2.05, 4.69) is 0 Å². The van der Waals surface area contributed by atoms with Crippen molar-refractivity contribution in [3.63, 3.8) is 0 Å². The highest BCUT2D eigenvalue weighted by atomic mass is 16.3. The van der Waals surface area contributed by atoms with Gasteiger partial charge in [0.1, 0.15) is 11.6 Å². The van der Waals surface area contributed by atoms with Gasteiger partial charge in [-0.15, -0.1) is 0 Å². The number of fused-ring (bicyclic) bond motifs is 1. The Morgan fingerprint density at radius 1 is 1.10 bits per heavy atom. The number of hydrogen-bond donors (Lipinski definition) is 1. The number of aromatic hydroxyl groups is 1. The van der Waals surface area contributed by atoms with Gasteiger partial charge in [-0.05, 0) is 31.0 Å². The average Bonchev–Trinajstić information content (AvgIpc) is 2.74. The molecule has 6 heteroatoms. The van der Waals surface area contributed by atoms with Crippen molar-refractivity contribution in [1.82, 2.24) is 14.9 Å². The highest BCUT2D eigenvalue weighted by Gasteiger charge is 2.27. The first-order chi connectivity index (χ1) is 13.9. The van der Waals surface area contributed by atoms with Gasteiger partial charge in [-0.25, -0.2) is 9.97 Å². The molecule has 0 fully saturated rings. The molecule has 0 unspecified atom stereocenters. The summed E-state index contributed by atoms with van der Waals surface area (Å²) in [6, 6.07) is 14.9. The quantitative estimate of drug-likeness (QED) is 0.745. The van der Waals surface area contributed by atoms with Crippen LogP contribution in [0.15, 0.2) is 48.5 Å². The molecule has 0 saturated heterocycles. The summed E-state index contributed by atoms with van der Waals surface area (Å²) in [5.74, 6) is 1.60. The predicted molar refractivity (Wildman–Crippen MR) is 113 cm³/mol. The highest BCUT2D eigenvalue weighted by molar-refractivity contribution is 5.95. The van der Waals surface area contributed by atoms with Gasteiger partial charge in [-0.1, -0.05) is 36.4 Å². The van der Waals surface area contributed by atoms with Gasteiger partial charge in [-0.3, -0.25) is 4.79 Å². The van der Waals surface area contributed by atoms with Crippen LogP contribution in [0.5, 0.6) is 5.75 Å². The Labute approximate surface area is 170 Å². The third-order valence-corrected chi connectivity index (χ3v) is 5.24. The van der Waals surface area contributed by atoms with Crippen LogP contribution in [0.4, 0.5) is 5.82 Å². The maximum atomic E-state index is 13.0. The van der Waals surface area contributed by atoms with Crippen molar-refractivity contribution in [3.05, 3.63) is 70.9 Å². The third kappa shape index (κ3) is 3.66. The Kier molecular flexibility index (Phi) is 4.92. The number of carbonyl (C=O) groups is 1. The first-order valence-corrected chi connectivity index (χ1v) is 9.65. The van der Waals surface area contributed by atoms with Gasteiger partial charge in [0, 0.05) is 37.3 Å². The zero-order valence-corrected chi connectivity index (χ0v) is 16.9. The van der Waals surface area contributed by atoms with Crippen LogP contribution in [-0.2, 0) is 13.0 Å². The van der Waals surface area contributed by atoms with Crippen LogP contribution >= 0.6 is 0 Å². The molecule has 148 valence electrons. The molecule has 1 amide bonds. The number of phenolic OH excluding ortho intramolecular Hbond substituents is 1. The second kappa shape index (κ2) is 7.54. The van der Waals surface area contributed by atoms with Crippen LogP contribution in [0.25, 0.3) is 11.4 Å². The molecule has 6 nitrogen and oxygen atoms in total. The fourth-order valence-electron chi connectivity index (χ4n) is 3.60. The van der Waals surface area contributed by atoms with Crippen LogP contribution < -0.4 is 4.90 Å². The number of benzene rings is 2. The molecule has 0 atom stereocenters. The molecule has 1 aromatic heterocycles. The number of amides is 1. The molecule has 1 N–H and O–H groups in total. The summed E-state index contributed by atoms with van der Waals surface area (Å²) in [7, 11) is 3.95. The molecule has 1 aliphatic heterocycles. The van der Waals surface area contributed by atoms with Crippen LogP contribution in [0.3, 0.4) is 0 Å². The minimum absolute atomic E-state index is 0.0998. The Morgan fingerprint density at radius 2 is 1.86 bits per heavy atom. The smallest absolute Gasteiger partial charge is 0.254 e. The van der Waals surface area contributed by atoms with Gasteiger partial charge in [0.2, 0.25) is 0 Å². The normalized spacial score (nSPS) is 13.1. The van der Waals surface area contributed by atoms with E-state index in [1.807, 2.05) is 56.3 Å². The van der Waals surface area contributed by atoms with Gasteiger partial charge in [0.15, 0.2) is 5.82 Å². The van der Waals surface area contributed by atoms with E-state index in [0.29, 0.717) is 30.9 Å². The summed E-state index contributed by atoms with van der Waals surface area (Å²) in [6.07, 6.45) is 0.696. The molecular formula is C23H24N4O2. The Morgan fingerprint density at radius 3 is 2.55 bits per heavy atom. The second-order valence-corrected chi connectivity index (χ2v) is 7.53. The maximum absolute atomic E-state index is 13.0. The van der Waals surface area contributed by atoms with E-state index in [1.165, 1.54) is 6.07 Å². The molecule has 0 aliphatic carbocycles. The van der Waals surface area contributed by atoms with Crippen molar-refractivity contribution in [2.24, 2.45) is 0 Å². The van der Waals surface area contributed by atoms with Crippen LogP contribution in [0, 0.1) is 6.92 Å². The number of aryl methyl sites for hydroxylation is 1. The topological polar surface area (TPSA) is 69.6 Å². The molecule has 1 aliphatic rings. The lowest BCUT2D eigenvalue weighted by atomic mass is 10.0. The van der Waals surface area contributed by atoms with Gasteiger partial charge in [0.05, 0.1) is 12.2 Å². The van der Waals surface area contributed by atoms with Gasteiger partial charge >= 0.3 is 0 Å². The van der Waals surface area contributed by atoms with Crippen molar-refractivity contribution >= 4 is 11.7 Å². The summed E-state index contributed by atoms with van der Waals surface area (Å²) in [6.45, 7) is 2.83. The molecule has 0 spiro atoms. The zero-order chi connectivity index (χ0) is 20.5. The van der Waals surface area contributed by atoms with Crippen molar-refractivity contribution in [3.8, 4) is 17.1 Å². The van der Waals surface area contributed by atoms with E-state index in [0.717, 1.165) is 28.2 Å². The number of anilines is 1. The summed E-state index contributed by atoms with van der Waals surface area (Å²) in [5, 5.41) is 9.97. The minimum atomic E-state index is -0.0998. The first kappa shape index (κ1) is 18.9. The zero-order valence-electron chi connectivity index (χ0n) is 16.9. The summed E-state index contributed by atoms with van der Waals surface area (Å²) in [5.41, 5.74) is 4.15. The number of aromatic nitrogens is 2. The molecule has 0 saturated carbocycles. The number of nitrogens with zero attached hydrogens (tertiary/aromatic N) is 4. The monoisotopic (exact) mass is 388 g/mol. The maximum Gasteiger partial charge on any atom is 0.254 e. The van der Waals surface area contributed by atoms with E-state index < -0.39 is 0 Å². The predicted octanol–water partition coefficient (Wildman–Crippen LogP) is 3.42. The SMILES string of the molecule is Cc1ccc(C(=O)N2CCc3c(nc(-c4ccccc4)nc3N(C)C)C2)cc1O. The van der Waals surface area contributed by atoms with Crippen molar-refractivity contribution in [2.45, 2.75) is 19.9 Å². The highest BCUT2D eigenvalue weighted by Crippen LogP contribution is 2.29. The second-order valence-electron chi connectivity index (χ2n) is 7.53. The summed E-state index contributed by atoms with van der Waals surface area (Å²) in [4.78, 5) is 26.4. The number of rotatable bonds is 3. The van der Waals surface area contributed by atoms with Crippen molar-refractivity contribution < 1.29 is 9.90 Å². The molecule has 29 heavy (non-hydrogen) atoms. The number of phenols is 1. The van der Waals surface area contributed by atoms with E-state index >= 15 is 0 Å². The first-order valence-electron chi connectivity index (χ1n) is 9.65. The minimum Gasteiger partial charge on any atom is -0.508 e.